The number of nitrogens with zero attached hydrogens (tertiary/aromatic N) is 2. The highest BCUT2D eigenvalue weighted by molar-refractivity contribution is 7.17. The van der Waals surface area contributed by atoms with Crippen LogP contribution in [0.15, 0.2) is 48.5 Å². The number of fused-ring (bicyclic) bond motifs is 3. The van der Waals surface area contributed by atoms with E-state index in [0.717, 1.165) is 33.6 Å². The summed E-state index contributed by atoms with van der Waals surface area (Å²) in [4.78, 5) is 42.8. The second kappa shape index (κ2) is 9.14. The second-order valence-corrected chi connectivity index (χ2v) is 9.96. The lowest BCUT2D eigenvalue weighted by atomic mass is 9.79. The number of carbonyl (C=O) groups excluding carboxylic acids is 2. The van der Waals surface area contributed by atoms with Crippen LogP contribution in [0.4, 0.5) is 9.93 Å². The van der Waals surface area contributed by atoms with Crippen LogP contribution in [0.3, 0.4) is 0 Å². The number of hydrogen-bond acceptors (Lipinski definition) is 6. The summed E-state index contributed by atoms with van der Waals surface area (Å²) in [6, 6.07) is 16.1. The van der Waals surface area contributed by atoms with Gasteiger partial charge in [0, 0.05) is 19.0 Å². The fourth-order valence-electron chi connectivity index (χ4n) is 4.80. The number of carboxylic acid groups (broad SMARTS) is 1. The Hall–Kier alpha value is -3.72. The molecular formula is C26H25N3O5S. The third kappa shape index (κ3) is 4.27. The highest BCUT2D eigenvalue weighted by atomic mass is 32.1. The molecule has 2 N–H and O–H groups in total. The normalized spacial score (nSPS) is 18.2. The summed E-state index contributed by atoms with van der Waals surface area (Å²) in [6.07, 6.45) is 0.261. The van der Waals surface area contributed by atoms with Crippen molar-refractivity contribution in [3.63, 3.8) is 0 Å². The number of hydrogen-bond donors (Lipinski definition) is 2. The molecule has 2 aromatic carbocycles. The minimum Gasteiger partial charge on any atom is -0.481 e. The lowest BCUT2D eigenvalue weighted by Gasteiger charge is -2.38. The molecule has 1 saturated carbocycles. The predicted octanol–water partition coefficient (Wildman–Crippen LogP) is 4.75. The summed E-state index contributed by atoms with van der Waals surface area (Å²) in [5.74, 6) is -1.50. The van der Waals surface area contributed by atoms with Crippen molar-refractivity contribution in [3.05, 3.63) is 70.2 Å². The van der Waals surface area contributed by atoms with Crippen LogP contribution in [0.2, 0.25) is 0 Å². The van der Waals surface area contributed by atoms with Gasteiger partial charge in [0.15, 0.2) is 5.13 Å². The van der Waals surface area contributed by atoms with E-state index in [1.807, 2.05) is 24.3 Å². The van der Waals surface area contributed by atoms with Gasteiger partial charge in [0.1, 0.15) is 11.5 Å². The van der Waals surface area contributed by atoms with Gasteiger partial charge >= 0.3 is 12.1 Å². The zero-order valence-electron chi connectivity index (χ0n) is 19.4. The van der Waals surface area contributed by atoms with Gasteiger partial charge in [-0.15, -0.1) is 0 Å². The largest absolute Gasteiger partial charge is 0.481 e. The van der Waals surface area contributed by atoms with Gasteiger partial charge < -0.3 is 14.7 Å². The Bertz CT molecular complexity index is 1270. The lowest BCUT2D eigenvalue weighted by Crippen LogP contribution is -2.47. The summed E-state index contributed by atoms with van der Waals surface area (Å²) < 4.78 is 5.57. The number of aromatic nitrogens is 1. The maximum atomic E-state index is 12.9. The molecule has 0 atom stereocenters. The maximum Gasteiger partial charge on any atom is 0.413 e. The van der Waals surface area contributed by atoms with Crippen LogP contribution in [-0.2, 0) is 9.53 Å². The summed E-state index contributed by atoms with van der Waals surface area (Å²) in [5, 5.41) is 12.0. The van der Waals surface area contributed by atoms with Crippen molar-refractivity contribution in [2.75, 3.05) is 19.0 Å². The smallest absolute Gasteiger partial charge is 0.413 e. The first-order valence-corrected chi connectivity index (χ1v) is 12.2. The molecule has 1 aromatic heterocycles. The molecule has 1 heterocycles. The van der Waals surface area contributed by atoms with E-state index in [1.165, 1.54) is 0 Å². The van der Waals surface area contributed by atoms with Gasteiger partial charge in [-0.3, -0.25) is 14.9 Å². The number of aliphatic carboxylic acids is 1. The number of rotatable bonds is 6. The van der Waals surface area contributed by atoms with Crippen molar-refractivity contribution >= 4 is 34.4 Å². The standard InChI is InChI=1S/C26H25N3O5S/c1-14-22(23(30)29(2)16-11-15(12-16)24(31)32)35-25(27-14)28-26(33)34-13-21-19-9-5-3-7-17(19)18-8-4-6-10-20(18)21/h3-10,15-16,21H,11-13H2,1-2H3,(H,31,32)(H,27,28,33). The van der Waals surface area contributed by atoms with Gasteiger partial charge in [-0.05, 0) is 42.0 Å². The minimum atomic E-state index is -0.828. The van der Waals surface area contributed by atoms with Crippen LogP contribution in [0, 0.1) is 12.8 Å². The highest BCUT2D eigenvalue weighted by Gasteiger charge is 2.39. The molecule has 0 spiro atoms. The Morgan fingerprint density at radius 1 is 1.09 bits per heavy atom. The molecule has 0 aliphatic heterocycles. The van der Waals surface area contributed by atoms with Crippen molar-refractivity contribution in [2.45, 2.75) is 31.7 Å². The van der Waals surface area contributed by atoms with Gasteiger partial charge in [0.05, 0.1) is 11.6 Å². The zero-order chi connectivity index (χ0) is 24.7. The summed E-state index contributed by atoms with van der Waals surface area (Å²) in [7, 11) is 1.67. The average Bonchev–Trinajstić information content (AvgIpc) is 3.33. The third-order valence-corrected chi connectivity index (χ3v) is 7.93. The Kier molecular flexibility index (Phi) is 6.02. The molecule has 0 radical (unpaired) electrons. The van der Waals surface area contributed by atoms with E-state index in [4.69, 9.17) is 9.84 Å². The molecule has 3 aromatic rings. The molecule has 35 heavy (non-hydrogen) atoms. The Morgan fingerprint density at radius 2 is 1.69 bits per heavy atom. The van der Waals surface area contributed by atoms with E-state index in [0.29, 0.717) is 23.4 Å². The molecule has 8 nitrogen and oxygen atoms in total. The van der Waals surface area contributed by atoms with Crippen LogP contribution in [0.25, 0.3) is 11.1 Å². The number of benzene rings is 2. The van der Waals surface area contributed by atoms with Crippen LogP contribution < -0.4 is 5.32 Å². The van der Waals surface area contributed by atoms with Gasteiger partial charge in [0.2, 0.25) is 0 Å². The maximum absolute atomic E-state index is 12.9. The minimum absolute atomic E-state index is 0.0472. The van der Waals surface area contributed by atoms with E-state index < -0.39 is 18.0 Å². The molecule has 1 fully saturated rings. The predicted molar refractivity (Wildman–Crippen MR) is 132 cm³/mol. The fraction of sp³-hybridized carbons (Fsp3) is 0.308. The number of ether oxygens (including phenoxy) is 1. The summed E-state index contributed by atoms with van der Waals surface area (Å²) >= 11 is 1.09. The SMILES string of the molecule is Cc1nc(NC(=O)OCC2c3ccccc3-c3ccccc32)sc1C(=O)N(C)C1CC(C(=O)O)C1. The van der Waals surface area contributed by atoms with E-state index >= 15 is 0 Å². The number of thiazole rings is 1. The summed E-state index contributed by atoms with van der Waals surface area (Å²) in [5.41, 5.74) is 5.07. The molecular weight excluding hydrogens is 466 g/mol. The van der Waals surface area contributed by atoms with E-state index in [2.05, 4.69) is 34.6 Å². The van der Waals surface area contributed by atoms with Crippen LogP contribution >= 0.6 is 11.3 Å². The van der Waals surface area contributed by atoms with Crippen LogP contribution in [0.5, 0.6) is 0 Å². The second-order valence-electron chi connectivity index (χ2n) is 8.96. The molecule has 0 bridgehead atoms. The first-order valence-electron chi connectivity index (χ1n) is 11.4. The molecule has 9 heteroatoms. The number of aryl methyl sites for hydroxylation is 1. The van der Waals surface area contributed by atoms with Gasteiger partial charge in [0.25, 0.3) is 5.91 Å². The molecule has 180 valence electrons. The Morgan fingerprint density at radius 3 is 2.29 bits per heavy atom. The van der Waals surface area contributed by atoms with Crippen LogP contribution in [-0.4, -0.2) is 52.7 Å². The van der Waals surface area contributed by atoms with E-state index in [1.54, 1.807) is 18.9 Å². The van der Waals surface area contributed by atoms with Crippen molar-refractivity contribution in [1.29, 1.82) is 0 Å². The average molecular weight is 492 g/mol. The topological polar surface area (TPSA) is 109 Å². The quantitative estimate of drug-likeness (QED) is 0.515. The van der Waals surface area contributed by atoms with Crippen molar-refractivity contribution in [3.8, 4) is 11.1 Å². The number of amides is 2. The summed E-state index contributed by atoms with van der Waals surface area (Å²) in [6.45, 7) is 1.90. The van der Waals surface area contributed by atoms with Crippen molar-refractivity contribution in [1.82, 2.24) is 9.88 Å². The van der Waals surface area contributed by atoms with Gasteiger partial charge in [-0.1, -0.05) is 59.9 Å². The molecule has 0 saturated heterocycles. The highest BCUT2D eigenvalue weighted by Crippen LogP contribution is 2.44. The molecule has 5 rings (SSSR count). The van der Waals surface area contributed by atoms with Gasteiger partial charge in [-0.2, -0.15) is 0 Å². The van der Waals surface area contributed by atoms with Gasteiger partial charge in [-0.25, -0.2) is 9.78 Å². The van der Waals surface area contributed by atoms with E-state index in [9.17, 15) is 14.4 Å². The third-order valence-electron chi connectivity index (χ3n) is 6.87. The molecule has 2 aliphatic rings. The lowest BCUT2D eigenvalue weighted by molar-refractivity contribution is -0.146. The first-order chi connectivity index (χ1) is 16.8. The molecule has 0 unspecified atom stereocenters. The number of carbonyl (C=O) groups is 3. The molecule has 2 aliphatic carbocycles. The van der Waals surface area contributed by atoms with Crippen molar-refractivity contribution < 1.29 is 24.2 Å². The van der Waals surface area contributed by atoms with Crippen LogP contribution in [0.1, 0.15) is 45.3 Å². The zero-order valence-corrected chi connectivity index (χ0v) is 20.2. The van der Waals surface area contributed by atoms with E-state index in [-0.39, 0.29) is 29.6 Å². The fourth-order valence-corrected chi connectivity index (χ4v) is 5.74. The van der Waals surface area contributed by atoms with Crippen molar-refractivity contribution in [2.24, 2.45) is 5.92 Å². The molecule has 2 amide bonds. The monoisotopic (exact) mass is 491 g/mol. The number of anilines is 1. The Labute approximate surface area is 206 Å². The first kappa shape index (κ1) is 23.0. The Balaban J connectivity index is 1.21. The number of nitrogens with one attached hydrogen (secondary N) is 1. The number of carboxylic acids is 1.